The SMILES string of the molecule is CCCCN(CCc1ccc(C)c(Cl)c1)CC(O)COc1ccc(O)cc1. The molecule has 0 amide bonds. The molecule has 2 aromatic rings. The number of phenolic OH excluding ortho intramolecular Hbond substituents is 1. The van der Waals surface area contributed by atoms with Crippen molar-refractivity contribution in [2.75, 3.05) is 26.2 Å². The van der Waals surface area contributed by atoms with E-state index in [0.717, 1.165) is 42.9 Å². The third-order valence-electron chi connectivity index (χ3n) is 4.53. The lowest BCUT2D eigenvalue weighted by Gasteiger charge is -2.25. The highest BCUT2D eigenvalue weighted by atomic mass is 35.5. The molecule has 0 aliphatic heterocycles. The summed E-state index contributed by atoms with van der Waals surface area (Å²) >= 11 is 6.22. The van der Waals surface area contributed by atoms with Gasteiger partial charge >= 0.3 is 0 Å². The Morgan fingerprint density at radius 3 is 2.52 bits per heavy atom. The number of aryl methyl sites for hydroxylation is 1. The van der Waals surface area contributed by atoms with E-state index in [4.69, 9.17) is 16.3 Å². The molecule has 5 heteroatoms. The summed E-state index contributed by atoms with van der Waals surface area (Å²) in [5, 5.41) is 20.5. The van der Waals surface area contributed by atoms with Crippen LogP contribution in [0.5, 0.6) is 11.5 Å². The number of hydrogen-bond donors (Lipinski definition) is 2. The van der Waals surface area contributed by atoms with Gasteiger partial charge in [-0.2, -0.15) is 0 Å². The van der Waals surface area contributed by atoms with E-state index in [2.05, 4.69) is 17.9 Å². The molecule has 0 aromatic heterocycles. The lowest BCUT2D eigenvalue weighted by atomic mass is 10.1. The first kappa shape index (κ1) is 21.5. The molecule has 0 aliphatic rings. The first-order valence-electron chi connectivity index (χ1n) is 9.55. The van der Waals surface area contributed by atoms with Gasteiger partial charge in [0.2, 0.25) is 0 Å². The molecule has 0 spiro atoms. The van der Waals surface area contributed by atoms with Gasteiger partial charge in [0.25, 0.3) is 0 Å². The first-order chi connectivity index (χ1) is 13.0. The third-order valence-corrected chi connectivity index (χ3v) is 4.94. The van der Waals surface area contributed by atoms with E-state index in [-0.39, 0.29) is 12.4 Å². The van der Waals surface area contributed by atoms with Crippen LogP contribution in [0.2, 0.25) is 5.02 Å². The van der Waals surface area contributed by atoms with Crippen molar-refractivity contribution in [2.45, 2.75) is 39.2 Å². The fraction of sp³-hybridized carbons (Fsp3) is 0.455. The number of unbranched alkanes of at least 4 members (excludes halogenated alkanes) is 1. The summed E-state index contributed by atoms with van der Waals surface area (Å²) in [6.07, 6.45) is 2.54. The van der Waals surface area contributed by atoms with Crippen LogP contribution < -0.4 is 4.74 Å². The summed E-state index contributed by atoms with van der Waals surface area (Å²) in [5.41, 5.74) is 2.30. The molecule has 0 aliphatic carbocycles. The monoisotopic (exact) mass is 391 g/mol. The summed E-state index contributed by atoms with van der Waals surface area (Å²) in [4.78, 5) is 2.28. The van der Waals surface area contributed by atoms with Crippen LogP contribution in [0, 0.1) is 6.92 Å². The van der Waals surface area contributed by atoms with Crippen LogP contribution in [0.1, 0.15) is 30.9 Å². The van der Waals surface area contributed by atoms with Crippen molar-refractivity contribution in [2.24, 2.45) is 0 Å². The van der Waals surface area contributed by atoms with Crippen molar-refractivity contribution in [3.8, 4) is 11.5 Å². The van der Waals surface area contributed by atoms with Crippen molar-refractivity contribution < 1.29 is 14.9 Å². The number of aliphatic hydroxyl groups is 1. The van der Waals surface area contributed by atoms with Crippen molar-refractivity contribution in [1.29, 1.82) is 0 Å². The number of rotatable bonds is 11. The highest BCUT2D eigenvalue weighted by Crippen LogP contribution is 2.18. The zero-order chi connectivity index (χ0) is 19.6. The zero-order valence-electron chi connectivity index (χ0n) is 16.2. The van der Waals surface area contributed by atoms with Gasteiger partial charge in [0.05, 0.1) is 0 Å². The Labute approximate surface area is 167 Å². The molecule has 2 rings (SSSR count). The van der Waals surface area contributed by atoms with Crippen LogP contribution in [-0.2, 0) is 6.42 Å². The van der Waals surface area contributed by atoms with Crippen molar-refractivity contribution in [1.82, 2.24) is 4.90 Å². The molecule has 148 valence electrons. The van der Waals surface area contributed by atoms with Crippen LogP contribution in [0.25, 0.3) is 0 Å². The van der Waals surface area contributed by atoms with Crippen LogP contribution in [0.3, 0.4) is 0 Å². The van der Waals surface area contributed by atoms with Gasteiger partial charge in [-0.15, -0.1) is 0 Å². The topological polar surface area (TPSA) is 52.9 Å². The van der Waals surface area contributed by atoms with E-state index in [1.807, 2.05) is 19.1 Å². The summed E-state index contributed by atoms with van der Waals surface area (Å²) in [6, 6.07) is 12.7. The van der Waals surface area contributed by atoms with Gasteiger partial charge in [0.15, 0.2) is 0 Å². The number of aromatic hydroxyl groups is 1. The Kier molecular flexibility index (Phi) is 8.92. The fourth-order valence-corrected chi connectivity index (χ4v) is 3.04. The predicted molar refractivity (Wildman–Crippen MR) is 111 cm³/mol. The number of phenols is 1. The molecular formula is C22H30ClNO3. The standard InChI is InChI=1S/C22H30ClNO3/c1-3-4-12-24(13-11-18-6-5-17(2)22(23)14-18)15-20(26)16-27-21-9-7-19(25)8-10-21/h5-10,14,20,25-26H,3-4,11-13,15-16H2,1-2H3. The van der Waals surface area contributed by atoms with E-state index >= 15 is 0 Å². The van der Waals surface area contributed by atoms with Gasteiger partial charge in [-0.25, -0.2) is 0 Å². The Bertz CT molecular complexity index is 690. The van der Waals surface area contributed by atoms with Crippen molar-refractivity contribution in [3.63, 3.8) is 0 Å². The second kappa shape index (κ2) is 11.2. The number of benzene rings is 2. The predicted octanol–water partition coefficient (Wildman–Crippen LogP) is 4.44. The Balaban J connectivity index is 1.84. The largest absolute Gasteiger partial charge is 0.508 e. The maximum absolute atomic E-state index is 10.4. The molecule has 0 fully saturated rings. The Hall–Kier alpha value is -1.75. The quantitative estimate of drug-likeness (QED) is 0.594. The van der Waals surface area contributed by atoms with E-state index in [1.165, 1.54) is 5.56 Å². The molecule has 0 bridgehead atoms. The first-order valence-corrected chi connectivity index (χ1v) is 9.93. The maximum Gasteiger partial charge on any atom is 0.119 e. The van der Waals surface area contributed by atoms with Crippen LogP contribution in [0.4, 0.5) is 0 Å². The minimum Gasteiger partial charge on any atom is -0.508 e. The van der Waals surface area contributed by atoms with Gasteiger partial charge in [0.1, 0.15) is 24.2 Å². The summed E-state index contributed by atoms with van der Waals surface area (Å²) in [5.74, 6) is 0.839. The minimum atomic E-state index is -0.572. The normalized spacial score (nSPS) is 12.3. The molecule has 0 heterocycles. The van der Waals surface area contributed by atoms with E-state index in [0.29, 0.717) is 12.3 Å². The second-order valence-electron chi connectivity index (χ2n) is 6.95. The van der Waals surface area contributed by atoms with Crippen LogP contribution >= 0.6 is 11.6 Å². The van der Waals surface area contributed by atoms with Crippen LogP contribution in [0.15, 0.2) is 42.5 Å². The van der Waals surface area contributed by atoms with Gasteiger partial charge < -0.3 is 19.8 Å². The highest BCUT2D eigenvalue weighted by Gasteiger charge is 2.13. The second-order valence-corrected chi connectivity index (χ2v) is 7.35. The van der Waals surface area contributed by atoms with Crippen LogP contribution in [-0.4, -0.2) is 47.5 Å². The Morgan fingerprint density at radius 2 is 1.85 bits per heavy atom. The molecule has 0 saturated heterocycles. The molecule has 4 nitrogen and oxygen atoms in total. The molecular weight excluding hydrogens is 362 g/mol. The number of hydrogen-bond acceptors (Lipinski definition) is 4. The lowest BCUT2D eigenvalue weighted by molar-refractivity contribution is 0.0680. The molecule has 1 atom stereocenters. The van der Waals surface area contributed by atoms with Gasteiger partial charge in [0, 0.05) is 18.1 Å². The molecule has 2 aromatic carbocycles. The van der Waals surface area contributed by atoms with Gasteiger partial charge in [-0.3, -0.25) is 0 Å². The zero-order valence-corrected chi connectivity index (χ0v) is 17.0. The molecule has 27 heavy (non-hydrogen) atoms. The van der Waals surface area contributed by atoms with Gasteiger partial charge in [-0.1, -0.05) is 37.1 Å². The minimum absolute atomic E-state index is 0.199. The fourth-order valence-electron chi connectivity index (χ4n) is 2.84. The molecule has 0 saturated carbocycles. The number of halogens is 1. The average Bonchev–Trinajstić information content (AvgIpc) is 2.66. The van der Waals surface area contributed by atoms with Crippen molar-refractivity contribution >= 4 is 11.6 Å². The van der Waals surface area contributed by atoms with E-state index in [1.54, 1.807) is 24.3 Å². The number of aliphatic hydroxyl groups excluding tert-OH is 1. The van der Waals surface area contributed by atoms with Gasteiger partial charge in [-0.05, 0) is 67.8 Å². The third kappa shape index (κ3) is 7.79. The number of ether oxygens (including phenoxy) is 1. The summed E-state index contributed by atoms with van der Waals surface area (Å²) in [6.45, 7) is 6.79. The lowest BCUT2D eigenvalue weighted by Crippen LogP contribution is -2.37. The van der Waals surface area contributed by atoms with Crippen molar-refractivity contribution in [3.05, 3.63) is 58.6 Å². The highest BCUT2D eigenvalue weighted by molar-refractivity contribution is 6.31. The maximum atomic E-state index is 10.4. The summed E-state index contributed by atoms with van der Waals surface area (Å²) < 4.78 is 5.61. The summed E-state index contributed by atoms with van der Waals surface area (Å²) in [7, 11) is 0. The molecule has 1 unspecified atom stereocenters. The smallest absolute Gasteiger partial charge is 0.119 e. The average molecular weight is 392 g/mol. The number of nitrogens with zero attached hydrogens (tertiary/aromatic N) is 1. The van der Waals surface area contributed by atoms with E-state index in [9.17, 15) is 10.2 Å². The Morgan fingerprint density at radius 1 is 1.11 bits per heavy atom. The van der Waals surface area contributed by atoms with E-state index < -0.39 is 6.10 Å². The molecule has 2 N–H and O–H groups in total. The molecule has 0 radical (unpaired) electrons.